The van der Waals surface area contributed by atoms with E-state index in [0.29, 0.717) is 11.6 Å². The molecule has 1 aliphatic rings. The Kier molecular flexibility index (Phi) is 4.28. The zero-order valence-corrected chi connectivity index (χ0v) is 12.1. The standard InChI is InChI=1S/C15H21F3N2/c1-10(2)14-9-19-6-7-20(14)13-8-12(15(16,17)18)5-4-11(13)3/h4-5,8,10,14,19H,6-7,9H2,1-3H3. The molecule has 112 valence electrons. The molecule has 1 fully saturated rings. The Morgan fingerprint density at radius 1 is 1.30 bits per heavy atom. The summed E-state index contributed by atoms with van der Waals surface area (Å²) in [6, 6.07) is 4.24. The zero-order valence-electron chi connectivity index (χ0n) is 12.1. The van der Waals surface area contributed by atoms with Crippen LogP contribution < -0.4 is 10.2 Å². The summed E-state index contributed by atoms with van der Waals surface area (Å²) >= 11 is 0. The lowest BCUT2D eigenvalue weighted by atomic mass is 9.98. The summed E-state index contributed by atoms with van der Waals surface area (Å²) in [7, 11) is 0. The maximum Gasteiger partial charge on any atom is 0.416 e. The van der Waals surface area contributed by atoms with Crippen molar-refractivity contribution in [2.75, 3.05) is 24.5 Å². The van der Waals surface area contributed by atoms with Gasteiger partial charge in [-0.05, 0) is 30.5 Å². The number of rotatable bonds is 2. The average Bonchev–Trinajstić information content (AvgIpc) is 2.38. The van der Waals surface area contributed by atoms with Crippen LogP contribution in [0.2, 0.25) is 0 Å². The third-order valence-corrected chi connectivity index (χ3v) is 3.90. The van der Waals surface area contributed by atoms with Crippen molar-refractivity contribution in [1.82, 2.24) is 5.32 Å². The van der Waals surface area contributed by atoms with Gasteiger partial charge in [0.2, 0.25) is 0 Å². The van der Waals surface area contributed by atoms with E-state index in [1.54, 1.807) is 6.07 Å². The molecule has 1 heterocycles. The Labute approximate surface area is 118 Å². The molecule has 0 aliphatic carbocycles. The number of halogens is 3. The molecular formula is C15H21F3N2. The summed E-state index contributed by atoms with van der Waals surface area (Å²) < 4.78 is 38.7. The number of alkyl halides is 3. The van der Waals surface area contributed by atoms with Gasteiger partial charge in [0, 0.05) is 31.4 Å². The van der Waals surface area contributed by atoms with E-state index in [1.807, 2.05) is 6.92 Å². The van der Waals surface area contributed by atoms with Crippen LogP contribution in [0.4, 0.5) is 18.9 Å². The third-order valence-electron chi connectivity index (χ3n) is 3.90. The van der Waals surface area contributed by atoms with Crippen molar-refractivity contribution in [2.24, 2.45) is 5.92 Å². The fraction of sp³-hybridized carbons (Fsp3) is 0.600. The van der Waals surface area contributed by atoms with Gasteiger partial charge in [0.1, 0.15) is 0 Å². The first-order valence-corrected chi connectivity index (χ1v) is 6.96. The molecule has 1 aromatic rings. The topological polar surface area (TPSA) is 15.3 Å². The molecule has 0 aromatic heterocycles. The molecule has 0 saturated carbocycles. The van der Waals surface area contributed by atoms with Gasteiger partial charge in [0.05, 0.1) is 5.56 Å². The van der Waals surface area contributed by atoms with Gasteiger partial charge in [-0.25, -0.2) is 0 Å². The van der Waals surface area contributed by atoms with Crippen LogP contribution in [0.5, 0.6) is 0 Å². The van der Waals surface area contributed by atoms with Crippen LogP contribution in [0.25, 0.3) is 0 Å². The fourth-order valence-electron chi connectivity index (χ4n) is 2.72. The lowest BCUT2D eigenvalue weighted by Gasteiger charge is -2.41. The molecule has 1 saturated heterocycles. The van der Waals surface area contributed by atoms with Crippen LogP contribution in [0.1, 0.15) is 25.0 Å². The van der Waals surface area contributed by atoms with Gasteiger partial charge < -0.3 is 10.2 Å². The van der Waals surface area contributed by atoms with Crippen molar-refractivity contribution < 1.29 is 13.2 Å². The van der Waals surface area contributed by atoms with Gasteiger partial charge in [0.25, 0.3) is 0 Å². The highest BCUT2D eigenvalue weighted by Gasteiger charge is 2.33. The molecule has 0 radical (unpaired) electrons. The number of anilines is 1. The highest BCUT2D eigenvalue weighted by molar-refractivity contribution is 5.57. The van der Waals surface area contributed by atoms with Gasteiger partial charge in [-0.15, -0.1) is 0 Å². The summed E-state index contributed by atoms with van der Waals surface area (Å²) in [4.78, 5) is 2.12. The molecule has 2 rings (SSSR count). The van der Waals surface area contributed by atoms with E-state index >= 15 is 0 Å². The molecule has 1 aromatic carbocycles. The van der Waals surface area contributed by atoms with Crippen LogP contribution >= 0.6 is 0 Å². The Balaban J connectivity index is 2.39. The molecule has 0 amide bonds. The van der Waals surface area contributed by atoms with E-state index in [-0.39, 0.29) is 6.04 Å². The summed E-state index contributed by atoms with van der Waals surface area (Å²) in [5, 5.41) is 3.32. The van der Waals surface area contributed by atoms with Gasteiger partial charge in [-0.3, -0.25) is 0 Å². The van der Waals surface area contributed by atoms with Gasteiger partial charge in [-0.2, -0.15) is 13.2 Å². The van der Waals surface area contributed by atoms with Crippen LogP contribution in [0, 0.1) is 12.8 Å². The molecule has 1 aliphatic heterocycles. The van der Waals surface area contributed by atoms with Crippen molar-refractivity contribution in [3.63, 3.8) is 0 Å². The van der Waals surface area contributed by atoms with Gasteiger partial charge in [-0.1, -0.05) is 19.9 Å². The number of hydrogen-bond donors (Lipinski definition) is 1. The molecule has 20 heavy (non-hydrogen) atoms. The van der Waals surface area contributed by atoms with Crippen molar-refractivity contribution >= 4 is 5.69 Å². The smallest absolute Gasteiger partial charge is 0.366 e. The summed E-state index contributed by atoms with van der Waals surface area (Å²) in [5.41, 5.74) is 1.03. The van der Waals surface area contributed by atoms with Crippen LogP contribution in [-0.2, 0) is 6.18 Å². The van der Waals surface area contributed by atoms with E-state index < -0.39 is 11.7 Å². The normalized spacial score (nSPS) is 20.6. The first-order valence-electron chi connectivity index (χ1n) is 6.96. The number of nitrogens with one attached hydrogen (secondary N) is 1. The Morgan fingerprint density at radius 2 is 2.00 bits per heavy atom. The zero-order chi connectivity index (χ0) is 14.9. The minimum atomic E-state index is -4.29. The van der Waals surface area contributed by atoms with Crippen molar-refractivity contribution in [3.05, 3.63) is 29.3 Å². The molecule has 1 unspecified atom stereocenters. The molecular weight excluding hydrogens is 265 g/mol. The summed E-state index contributed by atoms with van der Waals surface area (Å²) in [6.45, 7) is 8.44. The van der Waals surface area contributed by atoms with Crippen molar-refractivity contribution in [2.45, 2.75) is 33.0 Å². The van der Waals surface area contributed by atoms with Gasteiger partial charge >= 0.3 is 6.18 Å². The molecule has 1 atom stereocenters. The highest BCUT2D eigenvalue weighted by Crippen LogP contribution is 2.34. The molecule has 0 spiro atoms. The Bertz CT molecular complexity index is 469. The fourth-order valence-corrected chi connectivity index (χ4v) is 2.72. The summed E-state index contributed by atoms with van der Waals surface area (Å²) in [5.74, 6) is 0.386. The molecule has 0 bridgehead atoms. The van der Waals surface area contributed by atoms with E-state index in [1.165, 1.54) is 6.07 Å². The molecule has 1 N–H and O–H groups in total. The predicted octanol–water partition coefficient (Wildman–Crippen LogP) is 3.45. The van der Waals surface area contributed by atoms with E-state index in [4.69, 9.17) is 0 Å². The first-order chi connectivity index (χ1) is 9.30. The Hall–Kier alpha value is -1.23. The number of nitrogens with zero attached hydrogens (tertiary/aromatic N) is 1. The number of aryl methyl sites for hydroxylation is 1. The van der Waals surface area contributed by atoms with E-state index in [2.05, 4.69) is 24.1 Å². The predicted molar refractivity (Wildman–Crippen MR) is 75.0 cm³/mol. The maximum atomic E-state index is 12.9. The summed E-state index contributed by atoms with van der Waals surface area (Å²) in [6.07, 6.45) is -4.29. The maximum absolute atomic E-state index is 12.9. The van der Waals surface area contributed by atoms with Crippen LogP contribution in [0.3, 0.4) is 0 Å². The number of hydrogen-bond acceptors (Lipinski definition) is 2. The quantitative estimate of drug-likeness (QED) is 0.896. The molecule has 5 heteroatoms. The molecule has 2 nitrogen and oxygen atoms in total. The average molecular weight is 286 g/mol. The highest BCUT2D eigenvalue weighted by atomic mass is 19.4. The van der Waals surface area contributed by atoms with Crippen LogP contribution in [0.15, 0.2) is 18.2 Å². The largest absolute Gasteiger partial charge is 0.416 e. The van der Waals surface area contributed by atoms with Crippen molar-refractivity contribution in [1.29, 1.82) is 0 Å². The van der Waals surface area contributed by atoms with Crippen LogP contribution in [-0.4, -0.2) is 25.7 Å². The van der Waals surface area contributed by atoms with E-state index in [9.17, 15) is 13.2 Å². The second-order valence-electron chi connectivity index (χ2n) is 5.71. The number of piperazine rings is 1. The SMILES string of the molecule is Cc1ccc(C(F)(F)F)cc1N1CCNCC1C(C)C. The lowest BCUT2D eigenvalue weighted by molar-refractivity contribution is -0.137. The van der Waals surface area contributed by atoms with Crippen molar-refractivity contribution in [3.8, 4) is 0 Å². The minimum absolute atomic E-state index is 0.228. The second-order valence-corrected chi connectivity index (χ2v) is 5.71. The second kappa shape index (κ2) is 5.64. The van der Waals surface area contributed by atoms with Gasteiger partial charge in [0.15, 0.2) is 0 Å². The Morgan fingerprint density at radius 3 is 2.60 bits per heavy atom. The number of benzene rings is 1. The first kappa shape index (κ1) is 15.2. The van der Waals surface area contributed by atoms with E-state index in [0.717, 1.165) is 31.3 Å². The monoisotopic (exact) mass is 286 g/mol. The third kappa shape index (κ3) is 3.08. The lowest BCUT2D eigenvalue weighted by Crippen LogP contribution is -2.54. The minimum Gasteiger partial charge on any atom is -0.366 e.